The number of nitrogen functional groups attached to an aromatic ring is 1. The van der Waals surface area contributed by atoms with Crippen molar-refractivity contribution in [2.75, 3.05) is 11.1 Å². The van der Waals surface area contributed by atoms with E-state index in [2.05, 4.69) is 15.5 Å². The lowest BCUT2D eigenvalue weighted by Gasteiger charge is -2.09. The van der Waals surface area contributed by atoms with Crippen LogP contribution in [0.1, 0.15) is 11.3 Å². The molecule has 0 bridgehead atoms. The molecule has 0 aliphatic heterocycles. The molecule has 2 aromatic carbocycles. The number of nitrogens with one attached hydrogen (secondary N) is 1. The fourth-order valence-corrected chi connectivity index (χ4v) is 4.58. The van der Waals surface area contributed by atoms with Crippen molar-refractivity contribution in [3.05, 3.63) is 81.2 Å². The van der Waals surface area contributed by atoms with Crippen LogP contribution in [0.25, 0.3) is 5.69 Å². The molecular formula is C22H22ClN7O2S. The van der Waals surface area contributed by atoms with E-state index < -0.39 is 5.91 Å². The molecule has 0 saturated carbocycles. The Bertz CT molecular complexity index is 1360. The van der Waals surface area contributed by atoms with E-state index >= 15 is 0 Å². The zero-order valence-electron chi connectivity index (χ0n) is 18.0. The van der Waals surface area contributed by atoms with Crippen LogP contribution >= 0.6 is 23.4 Å². The van der Waals surface area contributed by atoms with Gasteiger partial charge in [0.1, 0.15) is 12.2 Å². The Hall–Kier alpha value is -3.50. The van der Waals surface area contributed by atoms with Gasteiger partial charge in [-0.1, -0.05) is 59.8 Å². The summed E-state index contributed by atoms with van der Waals surface area (Å²) in [5.74, 6) is 0.240. The summed E-state index contributed by atoms with van der Waals surface area (Å²) >= 11 is 7.59. The van der Waals surface area contributed by atoms with Gasteiger partial charge in [0.25, 0.3) is 5.56 Å². The van der Waals surface area contributed by atoms with Gasteiger partial charge in [0.2, 0.25) is 11.9 Å². The number of nitrogens with two attached hydrogens (primary N) is 1. The van der Waals surface area contributed by atoms with Crippen LogP contribution in [0.3, 0.4) is 0 Å². The van der Waals surface area contributed by atoms with Crippen LogP contribution in [0, 0.1) is 6.92 Å². The first kappa shape index (κ1) is 22.7. The summed E-state index contributed by atoms with van der Waals surface area (Å²) < 4.78 is 4.71. The van der Waals surface area contributed by atoms with Gasteiger partial charge < -0.3 is 11.1 Å². The first-order valence-corrected chi connectivity index (χ1v) is 11.4. The first-order chi connectivity index (χ1) is 15.9. The quantitative estimate of drug-likeness (QED) is 0.390. The van der Waals surface area contributed by atoms with Crippen LogP contribution in [-0.4, -0.2) is 30.0 Å². The lowest BCUT2D eigenvalue weighted by Crippen LogP contribution is -2.25. The number of aromatic nitrogens is 5. The van der Waals surface area contributed by atoms with E-state index in [1.807, 2.05) is 54.6 Å². The van der Waals surface area contributed by atoms with Gasteiger partial charge >= 0.3 is 0 Å². The Labute approximate surface area is 199 Å². The summed E-state index contributed by atoms with van der Waals surface area (Å²) in [5.41, 5.74) is 8.10. The Morgan fingerprint density at radius 3 is 2.55 bits per heavy atom. The minimum absolute atomic E-state index is 0.110. The molecule has 0 spiro atoms. The number of rotatable bonds is 7. The minimum Gasteiger partial charge on any atom is -0.368 e. The van der Waals surface area contributed by atoms with Crippen molar-refractivity contribution >= 4 is 40.9 Å². The summed E-state index contributed by atoms with van der Waals surface area (Å²) in [6.07, 6.45) is 0. The van der Waals surface area contributed by atoms with Crippen LogP contribution in [0.15, 0.2) is 64.5 Å². The molecule has 11 heteroatoms. The molecule has 0 aliphatic rings. The van der Waals surface area contributed by atoms with Crippen molar-refractivity contribution in [2.45, 2.75) is 24.4 Å². The van der Waals surface area contributed by atoms with E-state index in [0.717, 1.165) is 5.56 Å². The van der Waals surface area contributed by atoms with Gasteiger partial charge in [0, 0.05) is 17.8 Å². The van der Waals surface area contributed by atoms with Crippen LogP contribution in [-0.2, 0) is 24.1 Å². The Morgan fingerprint density at radius 1 is 1.12 bits per heavy atom. The number of halogens is 1. The zero-order valence-corrected chi connectivity index (χ0v) is 19.6. The standard InChI is InChI=1S/C22H22ClN7O2S/c1-14-19(20(32)30(28(14)2)16-9-4-3-5-10-16)25-18(31)12-29-21(24)26-27-22(29)33-13-15-8-6-7-11-17(15)23/h3-11H,12-13H2,1-2H3,(H2,24,26)(H,25,31). The molecule has 0 atom stereocenters. The van der Waals surface area contributed by atoms with Crippen molar-refractivity contribution < 1.29 is 4.79 Å². The van der Waals surface area contributed by atoms with Crippen LogP contribution in [0.5, 0.6) is 0 Å². The molecule has 9 nitrogen and oxygen atoms in total. The number of amides is 1. The lowest BCUT2D eigenvalue weighted by atomic mass is 10.2. The highest BCUT2D eigenvalue weighted by Crippen LogP contribution is 2.26. The normalized spacial score (nSPS) is 11.0. The zero-order chi connectivity index (χ0) is 23.5. The second kappa shape index (κ2) is 9.55. The van der Waals surface area contributed by atoms with Gasteiger partial charge in [0.15, 0.2) is 5.16 Å². The Balaban J connectivity index is 1.52. The number of para-hydroxylation sites is 1. The molecular weight excluding hydrogens is 462 g/mol. The highest BCUT2D eigenvalue weighted by Gasteiger charge is 2.20. The number of anilines is 2. The number of benzene rings is 2. The second-order valence-corrected chi connectivity index (χ2v) is 8.64. The smallest absolute Gasteiger partial charge is 0.295 e. The molecule has 2 heterocycles. The maximum absolute atomic E-state index is 13.0. The summed E-state index contributed by atoms with van der Waals surface area (Å²) in [6, 6.07) is 16.7. The van der Waals surface area contributed by atoms with E-state index in [1.165, 1.54) is 21.0 Å². The van der Waals surface area contributed by atoms with Gasteiger partial charge in [-0.3, -0.25) is 18.8 Å². The van der Waals surface area contributed by atoms with E-state index in [4.69, 9.17) is 17.3 Å². The van der Waals surface area contributed by atoms with Crippen LogP contribution < -0.4 is 16.6 Å². The molecule has 0 radical (unpaired) electrons. The SMILES string of the molecule is Cc1c(NC(=O)Cn2c(N)nnc2SCc2ccccc2Cl)c(=O)n(-c2ccccc2)n1C. The number of carbonyl (C=O) groups is 1. The highest BCUT2D eigenvalue weighted by atomic mass is 35.5. The fourth-order valence-electron chi connectivity index (χ4n) is 3.35. The number of hydrogen-bond acceptors (Lipinski definition) is 6. The maximum Gasteiger partial charge on any atom is 0.295 e. The molecule has 33 heavy (non-hydrogen) atoms. The monoisotopic (exact) mass is 483 g/mol. The third-order valence-corrected chi connectivity index (χ3v) is 6.56. The first-order valence-electron chi connectivity index (χ1n) is 10.1. The molecule has 4 aromatic rings. The van der Waals surface area contributed by atoms with Crippen molar-refractivity contribution in [3.63, 3.8) is 0 Å². The second-order valence-electron chi connectivity index (χ2n) is 7.29. The van der Waals surface area contributed by atoms with Crippen molar-refractivity contribution in [2.24, 2.45) is 7.05 Å². The Morgan fingerprint density at radius 2 is 1.82 bits per heavy atom. The van der Waals surface area contributed by atoms with Gasteiger partial charge in [-0.2, -0.15) is 0 Å². The van der Waals surface area contributed by atoms with E-state index in [0.29, 0.717) is 27.3 Å². The van der Waals surface area contributed by atoms with Crippen LogP contribution in [0.2, 0.25) is 5.02 Å². The minimum atomic E-state index is -0.410. The topological polar surface area (TPSA) is 113 Å². The average Bonchev–Trinajstić information content (AvgIpc) is 3.25. The predicted octanol–water partition coefficient (Wildman–Crippen LogP) is 3.24. The van der Waals surface area contributed by atoms with Gasteiger partial charge in [-0.25, -0.2) is 4.68 Å². The molecule has 0 fully saturated rings. The average molecular weight is 484 g/mol. The number of nitrogens with zero attached hydrogens (tertiary/aromatic N) is 5. The molecule has 0 aliphatic carbocycles. The third-order valence-electron chi connectivity index (χ3n) is 5.18. The molecule has 0 unspecified atom stereocenters. The largest absolute Gasteiger partial charge is 0.368 e. The van der Waals surface area contributed by atoms with E-state index in [-0.39, 0.29) is 23.7 Å². The number of hydrogen-bond donors (Lipinski definition) is 2. The third kappa shape index (κ3) is 4.67. The molecule has 1 amide bonds. The molecule has 4 rings (SSSR count). The lowest BCUT2D eigenvalue weighted by molar-refractivity contribution is -0.116. The molecule has 170 valence electrons. The molecule has 0 saturated heterocycles. The molecule has 3 N–H and O–H groups in total. The molecule has 2 aromatic heterocycles. The highest BCUT2D eigenvalue weighted by molar-refractivity contribution is 7.98. The van der Waals surface area contributed by atoms with E-state index in [9.17, 15) is 9.59 Å². The van der Waals surface area contributed by atoms with Gasteiger partial charge in [-0.05, 0) is 30.7 Å². The number of thioether (sulfide) groups is 1. The van der Waals surface area contributed by atoms with Crippen LogP contribution in [0.4, 0.5) is 11.6 Å². The summed E-state index contributed by atoms with van der Waals surface area (Å²) in [5, 5.41) is 11.8. The fraction of sp³-hybridized carbons (Fsp3) is 0.182. The predicted molar refractivity (Wildman–Crippen MR) is 130 cm³/mol. The summed E-state index contributed by atoms with van der Waals surface area (Å²) in [4.78, 5) is 25.9. The Kier molecular flexibility index (Phi) is 6.57. The van der Waals surface area contributed by atoms with E-state index in [1.54, 1.807) is 18.7 Å². The summed E-state index contributed by atoms with van der Waals surface area (Å²) in [7, 11) is 1.76. The van der Waals surface area contributed by atoms with Crippen molar-refractivity contribution in [3.8, 4) is 5.69 Å². The summed E-state index contributed by atoms with van der Waals surface area (Å²) in [6.45, 7) is 1.64. The number of carbonyl (C=O) groups excluding carboxylic acids is 1. The maximum atomic E-state index is 13.0. The van der Waals surface area contributed by atoms with Crippen molar-refractivity contribution in [1.29, 1.82) is 0 Å². The van der Waals surface area contributed by atoms with Gasteiger partial charge in [0.05, 0.1) is 11.4 Å². The van der Waals surface area contributed by atoms with Crippen molar-refractivity contribution in [1.82, 2.24) is 24.1 Å². The van der Waals surface area contributed by atoms with Gasteiger partial charge in [-0.15, -0.1) is 10.2 Å².